The first-order chi connectivity index (χ1) is 20.7. The molecule has 0 bridgehead atoms. The normalized spacial score (nSPS) is 11.5. The third-order valence-electron chi connectivity index (χ3n) is 7.69. The van der Waals surface area contributed by atoms with Crippen LogP contribution in [-0.4, -0.2) is 15.0 Å². The van der Waals surface area contributed by atoms with E-state index >= 15 is 0 Å². The van der Waals surface area contributed by atoms with E-state index in [-0.39, 0.29) is 5.28 Å². The molecule has 2 heterocycles. The van der Waals surface area contributed by atoms with Crippen LogP contribution in [0, 0.1) is 0 Å². The van der Waals surface area contributed by atoms with Gasteiger partial charge in [0.1, 0.15) is 11.2 Å². The highest BCUT2D eigenvalue weighted by Gasteiger charge is 2.15. The second-order valence-electron chi connectivity index (χ2n) is 10.2. The Kier molecular flexibility index (Phi) is 5.80. The van der Waals surface area contributed by atoms with Crippen molar-refractivity contribution in [2.45, 2.75) is 0 Å². The minimum absolute atomic E-state index is 0.159. The lowest BCUT2D eigenvalue weighted by Crippen LogP contribution is -1.98. The van der Waals surface area contributed by atoms with E-state index in [2.05, 4.69) is 82.8 Å². The van der Waals surface area contributed by atoms with E-state index in [9.17, 15) is 0 Å². The minimum Gasteiger partial charge on any atom is -0.456 e. The Labute approximate surface area is 246 Å². The molecule has 0 aliphatic rings. The lowest BCUT2D eigenvalue weighted by Gasteiger charge is -2.10. The van der Waals surface area contributed by atoms with E-state index in [0.717, 1.165) is 60.5 Å². The van der Waals surface area contributed by atoms with Gasteiger partial charge in [0.25, 0.3) is 0 Å². The highest BCUT2D eigenvalue weighted by atomic mass is 35.5. The zero-order chi connectivity index (χ0) is 28.0. The van der Waals surface area contributed by atoms with E-state index in [1.165, 1.54) is 5.56 Å². The molecule has 6 aromatic carbocycles. The molecule has 8 rings (SSSR count). The maximum Gasteiger partial charge on any atom is 0.226 e. The van der Waals surface area contributed by atoms with Crippen LogP contribution >= 0.6 is 11.6 Å². The predicted molar refractivity (Wildman–Crippen MR) is 171 cm³/mol. The maximum absolute atomic E-state index is 6.47. The molecule has 0 amide bonds. The second kappa shape index (κ2) is 9.95. The second-order valence-corrected chi connectivity index (χ2v) is 10.6. The van der Waals surface area contributed by atoms with Gasteiger partial charge in [-0.3, -0.25) is 0 Å². The van der Waals surface area contributed by atoms with Crippen molar-refractivity contribution in [1.29, 1.82) is 0 Å². The Balaban J connectivity index is 1.18. The van der Waals surface area contributed by atoms with Crippen LogP contribution in [0.15, 0.2) is 138 Å². The number of para-hydroxylation sites is 1. The smallest absolute Gasteiger partial charge is 0.226 e. The van der Waals surface area contributed by atoms with Crippen molar-refractivity contribution in [1.82, 2.24) is 15.0 Å². The Morgan fingerprint density at radius 3 is 2.02 bits per heavy atom. The Morgan fingerprint density at radius 1 is 0.452 bits per heavy atom. The summed E-state index contributed by atoms with van der Waals surface area (Å²) in [5, 5.41) is 4.54. The molecule has 0 unspecified atom stereocenters. The van der Waals surface area contributed by atoms with Crippen molar-refractivity contribution in [3.63, 3.8) is 0 Å². The molecule has 0 spiro atoms. The van der Waals surface area contributed by atoms with Gasteiger partial charge in [-0.05, 0) is 62.8 Å². The van der Waals surface area contributed by atoms with Gasteiger partial charge in [0.2, 0.25) is 5.28 Å². The van der Waals surface area contributed by atoms with E-state index in [0.29, 0.717) is 11.6 Å². The van der Waals surface area contributed by atoms with Crippen LogP contribution < -0.4 is 0 Å². The van der Waals surface area contributed by atoms with Gasteiger partial charge in [-0.1, -0.05) is 115 Å². The zero-order valence-corrected chi connectivity index (χ0v) is 23.1. The van der Waals surface area contributed by atoms with Gasteiger partial charge in [0.15, 0.2) is 11.6 Å². The average Bonchev–Trinajstić information content (AvgIpc) is 3.43. The first-order valence-corrected chi connectivity index (χ1v) is 14.1. The first-order valence-electron chi connectivity index (χ1n) is 13.7. The summed E-state index contributed by atoms with van der Waals surface area (Å²) in [7, 11) is 0. The standard InChI is InChI=1S/C37H22ClN3O/c38-37-40-35(25-18-16-24(17-19-25)29-12-7-15-33-34(29)31-11-4-5-14-32(31)42-33)39-36(41-37)30-13-6-10-27-22-26(20-21-28(27)30)23-8-2-1-3-9-23/h1-22H. The van der Waals surface area contributed by atoms with Crippen molar-refractivity contribution in [3.05, 3.63) is 139 Å². The summed E-state index contributed by atoms with van der Waals surface area (Å²) in [6.07, 6.45) is 0. The fraction of sp³-hybridized carbons (Fsp3) is 0. The van der Waals surface area contributed by atoms with Crippen LogP contribution in [0.1, 0.15) is 0 Å². The number of hydrogen-bond acceptors (Lipinski definition) is 4. The molecule has 5 heteroatoms. The number of furan rings is 1. The third kappa shape index (κ3) is 4.21. The largest absolute Gasteiger partial charge is 0.456 e. The molecule has 198 valence electrons. The molecule has 0 aliphatic carbocycles. The summed E-state index contributed by atoms with van der Waals surface area (Å²) in [4.78, 5) is 13.9. The van der Waals surface area contributed by atoms with Crippen LogP contribution in [0.3, 0.4) is 0 Å². The van der Waals surface area contributed by atoms with Crippen molar-refractivity contribution in [2.75, 3.05) is 0 Å². The molecule has 0 radical (unpaired) electrons. The lowest BCUT2D eigenvalue weighted by molar-refractivity contribution is 0.669. The van der Waals surface area contributed by atoms with Crippen molar-refractivity contribution in [3.8, 4) is 45.0 Å². The maximum atomic E-state index is 6.47. The molecule has 42 heavy (non-hydrogen) atoms. The Bertz CT molecular complexity index is 2260. The quantitative estimate of drug-likeness (QED) is 0.215. The predicted octanol–water partition coefficient (Wildman–Crippen LogP) is 10.2. The highest BCUT2D eigenvalue weighted by Crippen LogP contribution is 2.37. The number of aromatic nitrogens is 3. The molecule has 0 fully saturated rings. The van der Waals surface area contributed by atoms with E-state index in [1.54, 1.807) is 0 Å². The summed E-state index contributed by atoms with van der Waals surface area (Å²) in [6.45, 7) is 0. The highest BCUT2D eigenvalue weighted by molar-refractivity contribution is 6.28. The van der Waals surface area contributed by atoms with Crippen LogP contribution in [0.4, 0.5) is 0 Å². The number of rotatable bonds is 4. The number of benzene rings is 6. The van der Waals surface area contributed by atoms with Crippen molar-refractivity contribution < 1.29 is 4.42 Å². The van der Waals surface area contributed by atoms with Crippen molar-refractivity contribution in [2.24, 2.45) is 0 Å². The average molecular weight is 560 g/mol. The van der Waals surface area contributed by atoms with Crippen molar-refractivity contribution >= 4 is 44.3 Å². The fourth-order valence-corrected chi connectivity index (χ4v) is 5.86. The molecule has 0 saturated heterocycles. The molecule has 0 N–H and O–H groups in total. The lowest BCUT2D eigenvalue weighted by atomic mass is 9.98. The molecule has 2 aromatic heterocycles. The SMILES string of the molecule is Clc1nc(-c2ccc(-c3cccc4oc5ccccc5c34)cc2)nc(-c2cccc3cc(-c4ccccc4)ccc23)n1. The number of hydrogen-bond donors (Lipinski definition) is 0. The third-order valence-corrected chi connectivity index (χ3v) is 7.86. The number of nitrogens with zero attached hydrogens (tertiary/aromatic N) is 3. The molecular weight excluding hydrogens is 538 g/mol. The van der Waals surface area contributed by atoms with E-state index < -0.39 is 0 Å². The Hall–Kier alpha value is -5.32. The van der Waals surface area contributed by atoms with Gasteiger partial charge in [0.05, 0.1) is 0 Å². The van der Waals surface area contributed by atoms with Gasteiger partial charge in [0, 0.05) is 21.9 Å². The van der Waals surface area contributed by atoms with Crippen LogP contribution in [-0.2, 0) is 0 Å². The molecular formula is C37H22ClN3O. The molecule has 0 saturated carbocycles. The minimum atomic E-state index is 0.159. The van der Waals surface area contributed by atoms with Crippen LogP contribution in [0.5, 0.6) is 0 Å². The van der Waals surface area contributed by atoms with Gasteiger partial charge >= 0.3 is 0 Å². The molecule has 0 atom stereocenters. The van der Waals surface area contributed by atoms with Crippen LogP contribution in [0.25, 0.3) is 77.7 Å². The van der Waals surface area contributed by atoms with Crippen LogP contribution in [0.2, 0.25) is 5.28 Å². The molecule has 4 nitrogen and oxygen atoms in total. The molecule has 0 aliphatic heterocycles. The fourth-order valence-electron chi connectivity index (χ4n) is 5.70. The topological polar surface area (TPSA) is 51.8 Å². The Morgan fingerprint density at radius 2 is 1.14 bits per heavy atom. The van der Waals surface area contributed by atoms with Gasteiger partial charge in [-0.25, -0.2) is 4.98 Å². The summed E-state index contributed by atoms with van der Waals surface area (Å²) in [5.41, 5.74) is 8.06. The van der Waals surface area contributed by atoms with E-state index in [4.69, 9.17) is 21.0 Å². The van der Waals surface area contributed by atoms with E-state index in [1.807, 2.05) is 60.7 Å². The number of fused-ring (bicyclic) bond motifs is 4. The summed E-state index contributed by atoms with van der Waals surface area (Å²) in [6, 6.07) is 45.5. The summed E-state index contributed by atoms with van der Waals surface area (Å²) >= 11 is 6.47. The summed E-state index contributed by atoms with van der Waals surface area (Å²) < 4.78 is 6.09. The zero-order valence-electron chi connectivity index (χ0n) is 22.3. The monoisotopic (exact) mass is 559 g/mol. The van der Waals surface area contributed by atoms with Gasteiger partial charge in [-0.15, -0.1) is 0 Å². The van der Waals surface area contributed by atoms with Gasteiger partial charge in [-0.2, -0.15) is 9.97 Å². The van der Waals surface area contributed by atoms with Gasteiger partial charge < -0.3 is 4.42 Å². The molecule has 8 aromatic rings. The first kappa shape index (κ1) is 24.5. The summed E-state index contributed by atoms with van der Waals surface area (Å²) in [5.74, 6) is 1.07. The number of halogens is 1.